The highest BCUT2D eigenvalue weighted by Gasteiger charge is 2.26. The zero-order valence-electron chi connectivity index (χ0n) is 16.0. The van der Waals surface area contributed by atoms with Crippen LogP contribution in [0.5, 0.6) is 0 Å². The summed E-state index contributed by atoms with van der Waals surface area (Å²) in [5.74, 6) is 0.413. The molecule has 3 aromatic heterocycles. The number of carbonyl (C=O) groups excluding carboxylic acids is 1. The molecule has 10 nitrogen and oxygen atoms in total. The van der Waals surface area contributed by atoms with E-state index < -0.39 is 5.91 Å². The number of para-hydroxylation sites is 2. The van der Waals surface area contributed by atoms with Crippen LogP contribution in [0.1, 0.15) is 16.2 Å². The Labute approximate surface area is 169 Å². The van der Waals surface area contributed by atoms with Crippen LogP contribution < -0.4 is 9.63 Å². The van der Waals surface area contributed by atoms with Crippen molar-refractivity contribution >= 4 is 33.8 Å². The number of fused-ring (bicyclic) bond motifs is 2. The standard InChI is InChI=1S/C20H15N7O3/c1-11-18(21-14-5-3-4-6-15(14)27(11)29)20(28)26(2)17-10-13-9-12(7-8-16(13)30-17)19-22-24-25-23-19/h3-10H,1-2H3,(H,22,23,24,25). The maximum Gasteiger partial charge on any atom is 0.285 e. The number of H-pyrrole nitrogens is 1. The monoisotopic (exact) mass is 401 g/mol. The van der Waals surface area contributed by atoms with E-state index in [1.165, 1.54) is 4.90 Å². The zero-order chi connectivity index (χ0) is 20.8. The molecule has 3 heterocycles. The number of hydrogen-bond acceptors (Lipinski definition) is 7. The fraction of sp³-hybridized carbons (Fsp3) is 0.100. The molecule has 0 saturated carbocycles. The fourth-order valence-electron chi connectivity index (χ4n) is 3.29. The van der Waals surface area contributed by atoms with Gasteiger partial charge in [0.2, 0.25) is 17.1 Å². The summed E-state index contributed by atoms with van der Waals surface area (Å²) in [7, 11) is 1.58. The molecule has 5 aromatic rings. The van der Waals surface area contributed by atoms with Crippen LogP contribution in [0.15, 0.2) is 52.9 Å². The average Bonchev–Trinajstić information content (AvgIpc) is 3.44. The van der Waals surface area contributed by atoms with Crippen LogP contribution >= 0.6 is 0 Å². The Morgan fingerprint density at radius 2 is 2.03 bits per heavy atom. The minimum atomic E-state index is -0.443. The quantitative estimate of drug-likeness (QED) is 0.363. The second-order valence-electron chi connectivity index (χ2n) is 6.78. The fourth-order valence-corrected chi connectivity index (χ4v) is 3.29. The number of benzene rings is 2. The van der Waals surface area contributed by atoms with E-state index in [1.807, 2.05) is 12.1 Å². The van der Waals surface area contributed by atoms with E-state index in [2.05, 4.69) is 25.6 Å². The number of furan rings is 1. The molecule has 5 rings (SSSR count). The van der Waals surface area contributed by atoms with E-state index in [0.29, 0.717) is 28.3 Å². The number of carbonyl (C=O) groups is 1. The maximum atomic E-state index is 13.1. The topological polar surface area (TPSA) is 128 Å². The van der Waals surface area contributed by atoms with Gasteiger partial charge < -0.3 is 9.62 Å². The third kappa shape index (κ3) is 2.73. The van der Waals surface area contributed by atoms with Gasteiger partial charge in [-0.3, -0.25) is 9.69 Å². The number of tetrazole rings is 1. The Bertz CT molecular complexity index is 1410. The lowest BCUT2D eigenvalue weighted by molar-refractivity contribution is -0.584. The van der Waals surface area contributed by atoms with Gasteiger partial charge in [0.1, 0.15) is 11.1 Å². The molecule has 148 valence electrons. The summed E-state index contributed by atoms with van der Waals surface area (Å²) in [5, 5.41) is 27.1. The van der Waals surface area contributed by atoms with Crippen LogP contribution in [0.3, 0.4) is 0 Å². The molecule has 2 aromatic carbocycles. The van der Waals surface area contributed by atoms with Crippen molar-refractivity contribution in [1.82, 2.24) is 25.6 Å². The summed E-state index contributed by atoms with van der Waals surface area (Å²) in [4.78, 5) is 18.8. The summed E-state index contributed by atoms with van der Waals surface area (Å²) in [6.45, 7) is 1.57. The number of amides is 1. The Morgan fingerprint density at radius 3 is 2.83 bits per heavy atom. The van der Waals surface area contributed by atoms with Gasteiger partial charge in [-0.1, -0.05) is 12.1 Å². The van der Waals surface area contributed by atoms with Crippen molar-refractivity contribution in [2.75, 3.05) is 11.9 Å². The number of anilines is 1. The molecule has 0 aliphatic rings. The van der Waals surface area contributed by atoms with Crippen molar-refractivity contribution < 1.29 is 13.9 Å². The van der Waals surface area contributed by atoms with Crippen LogP contribution in [-0.2, 0) is 0 Å². The Morgan fingerprint density at radius 1 is 1.20 bits per heavy atom. The molecule has 0 saturated heterocycles. The van der Waals surface area contributed by atoms with Crippen molar-refractivity contribution in [3.05, 3.63) is 65.1 Å². The van der Waals surface area contributed by atoms with Gasteiger partial charge in [0.05, 0.1) is 0 Å². The van der Waals surface area contributed by atoms with Crippen molar-refractivity contribution in [3.63, 3.8) is 0 Å². The van der Waals surface area contributed by atoms with Gasteiger partial charge in [0, 0.05) is 37.1 Å². The molecule has 10 heteroatoms. The molecule has 30 heavy (non-hydrogen) atoms. The highest BCUT2D eigenvalue weighted by atomic mass is 16.5. The normalized spacial score (nSPS) is 11.3. The molecule has 0 radical (unpaired) electrons. The van der Waals surface area contributed by atoms with Crippen molar-refractivity contribution in [2.24, 2.45) is 0 Å². The van der Waals surface area contributed by atoms with Gasteiger partial charge >= 0.3 is 0 Å². The first kappa shape index (κ1) is 17.7. The SMILES string of the molecule is Cc1c(C(=O)N(C)c2cc3cc(-c4nnn[nH]4)ccc3o2)nc2ccccc2[n+]1[O-]. The first-order valence-corrected chi connectivity index (χ1v) is 9.07. The van der Waals surface area contributed by atoms with Gasteiger partial charge in [-0.2, -0.15) is 4.73 Å². The van der Waals surface area contributed by atoms with E-state index in [1.54, 1.807) is 50.4 Å². The number of aromatic amines is 1. The molecule has 0 spiro atoms. The lowest BCUT2D eigenvalue weighted by Crippen LogP contribution is -2.37. The molecule has 0 unspecified atom stereocenters. The van der Waals surface area contributed by atoms with E-state index in [9.17, 15) is 10.0 Å². The lowest BCUT2D eigenvalue weighted by atomic mass is 10.1. The second-order valence-corrected chi connectivity index (χ2v) is 6.78. The van der Waals surface area contributed by atoms with Crippen LogP contribution in [0, 0.1) is 12.1 Å². The highest BCUT2D eigenvalue weighted by Crippen LogP contribution is 2.29. The number of nitrogens with one attached hydrogen (secondary N) is 1. The highest BCUT2D eigenvalue weighted by molar-refractivity contribution is 6.05. The summed E-state index contributed by atoms with van der Waals surface area (Å²) >= 11 is 0. The predicted octanol–water partition coefficient (Wildman–Crippen LogP) is 2.38. The average molecular weight is 401 g/mol. The molecular formula is C20H15N7O3. The van der Waals surface area contributed by atoms with Crippen molar-refractivity contribution in [3.8, 4) is 11.4 Å². The van der Waals surface area contributed by atoms with Crippen molar-refractivity contribution in [2.45, 2.75) is 6.92 Å². The van der Waals surface area contributed by atoms with Crippen LogP contribution in [0.4, 0.5) is 5.88 Å². The molecule has 1 N–H and O–H groups in total. The number of hydrogen-bond donors (Lipinski definition) is 1. The first-order valence-electron chi connectivity index (χ1n) is 9.07. The number of rotatable bonds is 3. The third-order valence-electron chi connectivity index (χ3n) is 4.94. The summed E-state index contributed by atoms with van der Waals surface area (Å²) in [6, 6.07) is 14.1. The molecule has 0 aliphatic heterocycles. The molecule has 0 aliphatic carbocycles. The molecular weight excluding hydrogens is 386 g/mol. The lowest BCUT2D eigenvalue weighted by Gasteiger charge is -2.15. The summed E-state index contributed by atoms with van der Waals surface area (Å²) in [5.41, 5.74) is 2.54. The summed E-state index contributed by atoms with van der Waals surface area (Å²) in [6.07, 6.45) is 0. The number of nitrogens with zero attached hydrogens (tertiary/aromatic N) is 6. The Balaban J connectivity index is 1.53. The maximum absolute atomic E-state index is 13.1. The Kier molecular flexibility index (Phi) is 3.91. The minimum Gasteiger partial charge on any atom is -0.618 e. The molecule has 0 atom stereocenters. The van der Waals surface area contributed by atoms with E-state index in [-0.39, 0.29) is 11.4 Å². The molecule has 1 amide bonds. The van der Waals surface area contributed by atoms with Gasteiger partial charge in [0.25, 0.3) is 5.91 Å². The minimum absolute atomic E-state index is 0.0695. The third-order valence-corrected chi connectivity index (χ3v) is 4.94. The van der Waals surface area contributed by atoms with Crippen LogP contribution in [0.25, 0.3) is 33.4 Å². The summed E-state index contributed by atoms with van der Waals surface area (Å²) < 4.78 is 6.55. The van der Waals surface area contributed by atoms with E-state index >= 15 is 0 Å². The molecule has 0 bridgehead atoms. The Hall–Kier alpha value is -4.34. The largest absolute Gasteiger partial charge is 0.618 e. The predicted molar refractivity (Wildman–Crippen MR) is 108 cm³/mol. The van der Waals surface area contributed by atoms with Crippen molar-refractivity contribution in [1.29, 1.82) is 0 Å². The second kappa shape index (κ2) is 6.62. The van der Waals surface area contributed by atoms with E-state index in [0.717, 1.165) is 15.7 Å². The molecule has 0 fully saturated rings. The van der Waals surface area contributed by atoms with Crippen LogP contribution in [0.2, 0.25) is 0 Å². The number of aromatic nitrogens is 6. The van der Waals surface area contributed by atoms with Gasteiger partial charge in [-0.05, 0) is 34.7 Å². The first-order chi connectivity index (χ1) is 14.5. The van der Waals surface area contributed by atoms with Gasteiger partial charge in [0.15, 0.2) is 11.5 Å². The van der Waals surface area contributed by atoms with Gasteiger partial charge in [-0.25, -0.2) is 10.1 Å². The smallest absolute Gasteiger partial charge is 0.285 e. The zero-order valence-corrected chi connectivity index (χ0v) is 16.0. The van der Waals surface area contributed by atoms with Gasteiger partial charge in [-0.15, -0.1) is 5.10 Å². The van der Waals surface area contributed by atoms with E-state index in [4.69, 9.17) is 4.42 Å². The van der Waals surface area contributed by atoms with Crippen LogP contribution in [-0.4, -0.2) is 38.6 Å².